The number of methoxy groups -OCH3 is 1. The van der Waals surface area contributed by atoms with E-state index in [-0.39, 0.29) is 24.9 Å². The van der Waals surface area contributed by atoms with Gasteiger partial charge in [-0.25, -0.2) is 4.98 Å². The zero-order valence-corrected chi connectivity index (χ0v) is 19.9. The van der Waals surface area contributed by atoms with Crippen LogP contribution in [-0.4, -0.2) is 68.6 Å². The number of carbonyl (C=O) groups excluding carboxylic acids is 2. The molecule has 0 saturated carbocycles. The summed E-state index contributed by atoms with van der Waals surface area (Å²) in [6, 6.07) is 5.27. The second-order valence-corrected chi connectivity index (χ2v) is 8.46. The Balaban J connectivity index is 2.00. The van der Waals surface area contributed by atoms with Gasteiger partial charge in [-0.3, -0.25) is 19.4 Å². The summed E-state index contributed by atoms with van der Waals surface area (Å²) < 4.78 is 4.95. The quantitative estimate of drug-likeness (QED) is 0.367. The van der Waals surface area contributed by atoms with Gasteiger partial charge in [-0.05, 0) is 25.6 Å². The number of ether oxygens (including phenoxy) is 1. The van der Waals surface area contributed by atoms with Gasteiger partial charge in [0.05, 0.1) is 28.8 Å². The molecule has 31 heavy (non-hydrogen) atoms. The Labute approximate surface area is 196 Å². The molecular formula is C21H26Cl2N4O3S. The highest BCUT2D eigenvalue weighted by molar-refractivity contribution is 7.14. The van der Waals surface area contributed by atoms with Crippen molar-refractivity contribution in [1.82, 2.24) is 15.2 Å². The van der Waals surface area contributed by atoms with Crippen LogP contribution < -0.4 is 10.2 Å². The average Bonchev–Trinajstić information content (AvgIpc) is 3.21. The zero-order valence-electron chi connectivity index (χ0n) is 17.6. The monoisotopic (exact) mass is 484 g/mol. The van der Waals surface area contributed by atoms with Crippen molar-refractivity contribution in [2.24, 2.45) is 0 Å². The molecule has 0 radical (unpaired) electrons. The lowest BCUT2D eigenvalue weighted by molar-refractivity contribution is -0.123. The fourth-order valence-electron chi connectivity index (χ4n) is 2.71. The van der Waals surface area contributed by atoms with E-state index in [1.807, 2.05) is 11.4 Å². The lowest BCUT2D eigenvalue weighted by Gasteiger charge is -2.22. The van der Waals surface area contributed by atoms with Gasteiger partial charge in [-0.2, -0.15) is 0 Å². The minimum Gasteiger partial charge on any atom is -0.385 e. The number of carbonyl (C=O) groups is 2. The molecule has 2 aromatic rings. The maximum absolute atomic E-state index is 12.9. The molecule has 1 aromatic heterocycles. The third kappa shape index (κ3) is 7.90. The second kappa shape index (κ2) is 12.8. The molecule has 0 aliphatic heterocycles. The van der Waals surface area contributed by atoms with Crippen LogP contribution in [0.2, 0.25) is 10.0 Å². The summed E-state index contributed by atoms with van der Waals surface area (Å²) in [7, 11) is 3.34. The fourth-order valence-corrected chi connectivity index (χ4v) is 3.87. The molecular weight excluding hydrogens is 459 g/mol. The van der Waals surface area contributed by atoms with Crippen molar-refractivity contribution in [1.29, 1.82) is 0 Å². The smallest absolute Gasteiger partial charge is 0.243 e. The van der Waals surface area contributed by atoms with Crippen LogP contribution in [0.1, 0.15) is 6.42 Å². The van der Waals surface area contributed by atoms with Crippen molar-refractivity contribution < 1.29 is 14.3 Å². The number of amides is 2. The standard InChI is InChI=1S/C21H26Cl2N4O3S/c1-4-9-27(20(29)13-26(2)12-19(28)24-8-5-10-30-3)21-25-18(14-31-21)15-6-7-16(22)17(23)11-15/h4,6-7,11,14H,1,5,8-10,12-13H2,2-3H3,(H,24,28). The molecule has 1 heterocycles. The molecule has 1 N–H and O–H groups in total. The van der Waals surface area contributed by atoms with Gasteiger partial charge in [0.2, 0.25) is 11.8 Å². The Hall–Kier alpha value is -1.97. The van der Waals surface area contributed by atoms with Crippen molar-refractivity contribution >= 4 is 51.5 Å². The van der Waals surface area contributed by atoms with E-state index in [1.54, 1.807) is 42.2 Å². The summed E-state index contributed by atoms with van der Waals surface area (Å²) >= 11 is 13.4. The number of nitrogens with zero attached hydrogens (tertiary/aromatic N) is 3. The number of likely N-dealkylation sites (N-methyl/N-ethyl adjacent to an activating group) is 1. The predicted molar refractivity (Wildman–Crippen MR) is 127 cm³/mol. The Kier molecular flexibility index (Phi) is 10.4. The number of hydrogen-bond donors (Lipinski definition) is 1. The van der Waals surface area contributed by atoms with Gasteiger partial charge in [0, 0.05) is 37.7 Å². The van der Waals surface area contributed by atoms with Crippen molar-refractivity contribution in [2.75, 3.05) is 51.8 Å². The molecule has 2 rings (SSSR count). The molecule has 0 spiro atoms. The van der Waals surface area contributed by atoms with Crippen LogP contribution in [-0.2, 0) is 14.3 Å². The molecule has 0 unspecified atom stereocenters. The van der Waals surface area contributed by atoms with Crippen molar-refractivity contribution in [3.63, 3.8) is 0 Å². The van der Waals surface area contributed by atoms with E-state index < -0.39 is 0 Å². The van der Waals surface area contributed by atoms with Gasteiger partial charge in [-0.1, -0.05) is 35.3 Å². The Morgan fingerprint density at radius 1 is 1.29 bits per heavy atom. The van der Waals surface area contributed by atoms with E-state index in [9.17, 15) is 9.59 Å². The van der Waals surface area contributed by atoms with Crippen LogP contribution in [0.3, 0.4) is 0 Å². The zero-order chi connectivity index (χ0) is 22.8. The summed E-state index contributed by atoms with van der Waals surface area (Å²) in [5, 5.41) is 6.11. The maximum Gasteiger partial charge on any atom is 0.243 e. The first kappa shape index (κ1) is 25.3. The Bertz CT molecular complexity index is 907. The van der Waals surface area contributed by atoms with Crippen molar-refractivity contribution in [3.05, 3.63) is 46.3 Å². The Morgan fingerprint density at radius 3 is 2.74 bits per heavy atom. The van der Waals surface area contributed by atoms with Gasteiger partial charge in [-0.15, -0.1) is 17.9 Å². The van der Waals surface area contributed by atoms with Gasteiger partial charge in [0.15, 0.2) is 5.13 Å². The highest BCUT2D eigenvalue weighted by Crippen LogP contribution is 2.31. The fraction of sp³-hybridized carbons (Fsp3) is 0.381. The SMILES string of the molecule is C=CCN(C(=O)CN(C)CC(=O)NCCCOC)c1nc(-c2ccc(Cl)c(Cl)c2)cs1. The first-order valence-electron chi connectivity index (χ1n) is 9.62. The minimum absolute atomic E-state index is 0.0705. The van der Waals surface area contributed by atoms with E-state index in [2.05, 4.69) is 16.9 Å². The molecule has 0 aliphatic carbocycles. The predicted octanol–water partition coefficient (Wildman–Crippen LogP) is 3.72. The third-order valence-electron chi connectivity index (χ3n) is 4.22. The molecule has 0 atom stereocenters. The van der Waals surface area contributed by atoms with E-state index >= 15 is 0 Å². The summed E-state index contributed by atoms with van der Waals surface area (Å²) in [6.45, 7) is 5.35. The topological polar surface area (TPSA) is 74.8 Å². The first-order valence-corrected chi connectivity index (χ1v) is 11.3. The highest BCUT2D eigenvalue weighted by atomic mass is 35.5. The molecule has 0 saturated heterocycles. The summed E-state index contributed by atoms with van der Waals surface area (Å²) in [5.74, 6) is -0.317. The lowest BCUT2D eigenvalue weighted by Crippen LogP contribution is -2.43. The second-order valence-electron chi connectivity index (χ2n) is 6.81. The number of benzene rings is 1. The van der Waals surface area contributed by atoms with Gasteiger partial charge < -0.3 is 10.1 Å². The molecule has 2 amide bonds. The number of hydrogen-bond acceptors (Lipinski definition) is 6. The number of aromatic nitrogens is 1. The molecule has 7 nitrogen and oxygen atoms in total. The van der Waals surface area contributed by atoms with Crippen molar-refractivity contribution in [2.45, 2.75) is 6.42 Å². The van der Waals surface area contributed by atoms with Gasteiger partial charge in [0.1, 0.15) is 0 Å². The van der Waals surface area contributed by atoms with Crippen LogP contribution in [0.15, 0.2) is 36.2 Å². The van der Waals surface area contributed by atoms with Crippen LogP contribution in [0, 0.1) is 0 Å². The molecule has 0 bridgehead atoms. The van der Waals surface area contributed by atoms with Crippen LogP contribution in [0.5, 0.6) is 0 Å². The van der Waals surface area contributed by atoms with E-state index in [1.165, 1.54) is 11.3 Å². The van der Waals surface area contributed by atoms with E-state index in [0.29, 0.717) is 40.6 Å². The number of thiazole rings is 1. The number of nitrogens with one attached hydrogen (secondary N) is 1. The normalized spacial score (nSPS) is 10.9. The highest BCUT2D eigenvalue weighted by Gasteiger charge is 2.21. The first-order chi connectivity index (χ1) is 14.8. The summed E-state index contributed by atoms with van der Waals surface area (Å²) in [6.07, 6.45) is 2.38. The van der Waals surface area contributed by atoms with Crippen LogP contribution in [0.25, 0.3) is 11.3 Å². The molecule has 168 valence electrons. The summed E-state index contributed by atoms with van der Waals surface area (Å²) in [5.41, 5.74) is 1.51. The number of anilines is 1. The average molecular weight is 485 g/mol. The van der Waals surface area contributed by atoms with Gasteiger partial charge >= 0.3 is 0 Å². The molecule has 10 heteroatoms. The molecule has 0 fully saturated rings. The molecule has 0 aliphatic rings. The Morgan fingerprint density at radius 2 is 2.06 bits per heavy atom. The van der Waals surface area contributed by atoms with E-state index in [4.69, 9.17) is 27.9 Å². The minimum atomic E-state index is -0.176. The van der Waals surface area contributed by atoms with Crippen LogP contribution >= 0.6 is 34.5 Å². The van der Waals surface area contributed by atoms with Gasteiger partial charge in [0.25, 0.3) is 0 Å². The lowest BCUT2D eigenvalue weighted by atomic mass is 10.2. The summed E-state index contributed by atoms with van der Waals surface area (Å²) in [4.78, 5) is 32.7. The van der Waals surface area contributed by atoms with Crippen LogP contribution in [0.4, 0.5) is 5.13 Å². The maximum atomic E-state index is 12.9. The third-order valence-corrected chi connectivity index (χ3v) is 5.82. The largest absolute Gasteiger partial charge is 0.385 e. The number of rotatable bonds is 12. The molecule has 1 aromatic carbocycles. The van der Waals surface area contributed by atoms with Crippen molar-refractivity contribution in [3.8, 4) is 11.3 Å². The number of halogens is 2. The van der Waals surface area contributed by atoms with E-state index in [0.717, 1.165) is 12.0 Å².